The number of hydrogen-bond acceptors (Lipinski definition) is 2. The van der Waals surface area contributed by atoms with Gasteiger partial charge >= 0.3 is 0 Å². The fourth-order valence-electron chi connectivity index (χ4n) is 3.60. The lowest BCUT2D eigenvalue weighted by atomic mass is 9.84. The highest BCUT2D eigenvalue weighted by molar-refractivity contribution is 7.89. The van der Waals surface area contributed by atoms with Crippen LogP contribution in [0.4, 0.5) is 0 Å². The lowest BCUT2D eigenvalue weighted by molar-refractivity contribution is 0.280. The first-order valence-electron chi connectivity index (χ1n) is 6.52. The molecular weight excluding hydrogens is 222 g/mol. The Kier molecular flexibility index (Phi) is 3.59. The molecule has 0 amide bonds. The molecule has 2 fully saturated rings. The Bertz CT molecular complexity index is 339. The second kappa shape index (κ2) is 4.65. The number of hydrogen-bond donors (Lipinski definition) is 1. The van der Waals surface area contributed by atoms with Gasteiger partial charge in [-0.2, -0.15) is 0 Å². The van der Waals surface area contributed by atoms with Gasteiger partial charge < -0.3 is 0 Å². The summed E-state index contributed by atoms with van der Waals surface area (Å²) in [6, 6.07) is 0.131. The van der Waals surface area contributed by atoms with Crippen LogP contribution in [0.3, 0.4) is 0 Å². The number of fused-ring (bicyclic) bond motifs is 2. The Morgan fingerprint density at radius 3 is 2.56 bits per heavy atom. The Morgan fingerprint density at radius 1 is 1.31 bits per heavy atom. The van der Waals surface area contributed by atoms with E-state index >= 15 is 0 Å². The van der Waals surface area contributed by atoms with Crippen LogP contribution in [0.5, 0.6) is 0 Å². The van der Waals surface area contributed by atoms with Crippen molar-refractivity contribution in [1.82, 2.24) is 4.72 Å². The van der Waals surface area contributed by atoms with Crippen molar-refractivity contribution in [2.45, 2.75) is 52.0 Å². The predicted molar refractivity (Wildman–Crippen MR) is 65.6 cm³/mol. The Morgan fingerprint density at radius 2 is 2.06 bits per heavy atom. The predicted octanol–water partition coefficient (Wildman–Crippen LogP) is 2.14. The Hall–Kier alpha value is -0.0900. The van der Waals surface area contributed by atoms with Crippen molar-refractivity contribution in [3.8, 4) is 0 Å². The van der Waals surface area contributed by atoms with Gasteiger partial charge in [0.25, 0.3) is 0 Å². The molecule has 0 aromatic rings. The third kappa shape index (κ3) is 2.59. The molecule has 0 aliphatic heterocycles. The number of nitrogens with one attached hydrogen (secondary N) is 1. The lowest BCUT2D eigenvalue weighted by Gasteiger charge is -2.28. The minimum absolute atomic E-state index is 0.131. The summed E-state index contributed by atoms with van der Waals surface area (Å²) in [5.41, 5.74) is 0. The number of sulfonamides is 1. The van der Waals surface area contributed by atoms with Crippen molar-refractivity contribution in [2.75, 3.05) is 5.75 Å². The second-order valence-corrected chi connectivity index (χ2v) is 7.44. The zero-order valence-corrected chi connectivity index (χ0v) is 11.1. The van der Waals surface area contributed by atoms with Crippen molar-refractivity contribution < 1.29 is 8.42 Å². The molecule has 2 aliphatic carbocycles. The average molecular weight is 245 g/mol. The van der Waals surface area contributed by atoms with Gasteiger partial charge in [-0.3, -0.25) is 0 Å². The SMILES string of the molecule is CCCS(=O)(=O)NC(C)C1CC2CCC1C2. The van der Waals surface area contributed by atoms with Crippen LogP contribution >= 0.6 is 0 Å². The van der Waals surface area contributed by atoms with E-state index in [9.17, 15) is 8.42 Å². The molecule has 2 rings (SSSR count). The minimum atomic E-state index is -3.04. The van der Waals surface area contributed by atoms with Crippen LogP contribution in [0.2, 0.25) is 0 Å². The monoisotopic (exact) mass is 245 g/mol. The molecule has 0 aromatic heterocycles. The van der Waals surface area contributed by atoms with E-state index in [1.54, 1.807) is 0 Å². The van der Waals surface area contributed by atoms with E-state index < -0.39 is 10.0 Å². The molecule has 0 radical (unpaired) electrons. The summed E-state index contributed by atoms with van der Waals surface area (Å²) >= 11 is 0. The molecule has 2 bridgehead atoms. The molecule has 0 aromatic carbocycles. The highest BCUT2D eigenvalue weighted by atomic mass is 32.2. The molecule has 94 valence electrons. The zero-order valence-electron chi connectivity index (χ0n) is 10.3. The van der Waals surface area contributed by atoms with E-state index in [2.05, 4.69) is 4.72 Å². The van der Waals surface area contributed by atoms with Crippen molar-refractivity contribution in [3.05, 3.63) is 0 Å². The van der Waals surface area contributed by atoms with E-state index in [0.29, 0.717) is 12.3 Å². The third-order valence-corrected chi connectivity index (χ3v) is 5.95. The molecule has 16 heavy (non-hydrogen) atoms. The van der Waals surface area contributed by atoms with Gasteiger partial charge in [-0.25, -0.2) is 13.1 Å². The van der Waals surface area contributed by atoms with E-state index in [-0.39, 0.29) is 11.8 Å². The molecule has 0 heterocycles. The van der Waals surface area contributed by atoms with Crippen molar-refractivity contribution in [2.24, 2.45) is 17.8 Å². The average Bonchev–Trinajstić information content (AvgIpc) is 2.77. The van der Waals surface area contributed by atoms with E-state index in [1.807, 2.05) is 13.8 Å². The molecule has 0 saturated heterocycles. The summed E-state index contributed by atoms with van der Waals surface area (Å²) in [7, 11) is -3.04. The van der Waals surface area contributed by atoms with Gasteiger partial charge in [0.05, 0.1) is 5.75 Å². The van der Waals surface area contributed by atoms with Crippen LogP contribution < -0.4 is 4.72 Å². The zero-order chi connectivity index (χ0) is 11.8. The molecule has 4 heteroatoms. The summed E-state index contributed by atoms with van der Waals surface area (Å²) in [5, 5.41) is 0. The van der Waals surface area contributed by atoms with Gasteiger partial charge in [-0.15, -0.1) is 0 Å². The van der Waals surface area contributed by atoms with Gasteiger partial charge in [-0.05, 0) is 50.4 Å². The second-order valence-electron chi connectivity index (χ2n) is 5.56. The maximum absolute atomic E-state index is 11.7. The van der Waals surface area contributed by atoms with Gasteiger partial charge in [0.1, 0.15) is 0 Å². The lowest BCUT2D eigenvalue weighted by Crippen LogP contribution is -2.41. The van der Waals surface area contributed by atoms with Crippen LogP contribution in [0, 0.1) is 17.8 Å². The highest BCUT2D eigenvalue weighted by Crippen LogP contribution is 2.49. The van der Waals surface area contributed by atoms with Crippen molar-refractivity contribution in [1.29, 1.82) is 0 Å². The normalized spacial score (nSPS) is 35.5. The molecule has 2 aliphatic rings. The third-order valence-electron chi connectivity index (χ3n) is 4.27. The maximum Gasteiger partial charge on any atom is 0.211 e. The molecule has 4 unspecified atom stereocenters. The molecule has 0 spiro atoms. The van der Waals surface area contributed by atoms with Crippen LogP contribution in [-0.2, 0) is 10.0 Å². The van der Waals surface area contributed by atoms with E-state index in [0.717, 1.165) is 11.8 Å². The smallest absolute Gasteiger partial charge is 0.211 e. The topological polar surface area (TPSA) is 46.2 Å². The van der Waals surface area contributed by atoms with E-state index in [1.165, 1.54) is 25.7 Å². The summed E-state index contributed by atoms with van der Waals surface area (Å²) in [6.45, 7) is 3.94. The summed E-state index contributed by atoms with van der Waals surface area (Å²) < 4.78 is 26.2. The quantitative estimate of drug-likeness (QED) is 0.806. The summed E-state index contributed by atoms with van der Waals surface area (Å²) in [4.78, 5) is 0. The Labute approximate surface area is 99.1 Å². The first-order valence-corrected chi connectivity index (χ1v) is 8.17. The fourth-order valence-corrected chi connectivity index (χ4v) is 5.00. The van der Waals surface area contributed by atoms with Gasteiger partial charge in [-0.1, -0.05) is 13.3 Å². The maximum atomic E-state index is 11.7. The van der Waals surface area contributed by atoms with Gasteiger partial charge in [0.2, 0.25) is 10.0 Å². The Balaban J connectivity index is 1.91. The standard InChI is InChI=1S/C12H23NO2S/c1-3-6-16(14,15)13-9(2)12-8-10-4-5-11(12)7-10/h9-13H,3-8H2,1-2H3. The molecule has 2 saturated carbocycles. The van der Waals surface area contributed by atoms with Crippen LogP contribution in [0.15, 0.2) is 0 Å². The molecule has 4 atom stereocenters. The number of rotatable bonds is 5. The minimum Gasteiger partial charge on any atom is -0.212 e. The highest BCUT2D eigenvalue weighted by Gasteiger charge is 2.42. The van der Waals surface area contributed by atoms with Crippen LogP contribution in [0.25, 0.3) is 0 Å². The molecule has 3 nitrogen and oxygen atoms in total. The first-order chi connectivity index (χ1) is 7.52. The van der Waals surface area contributed by atoms with Crippen LogP contribution in [0.1, 0.15) is 46.0 Å². The van der Waals surface area contributed by atoms with Crippen molar-refractivity contribution >= 4 is 10.0 Å². The fraction of sp³-hybridized carbons (Fsp3) is 1.00. The molecular formula is C12H23NO2S. The van der Waals surface area contributed by atoms with Crippen LogP contribution in [-0.4, -0.2) is 20.2 Å². The first kappa shape index (κ1) is 12.4. The largest absolute Gasteiger partial charge is 0.212 e. The van der Waals surface area contributed by atoms with Gasteiger partial charge in [0, 0.05) is 6.04 Å². The summed E-state index contributed by atoms with van der Waals surface area (Å²) in [6.07, 6.45) is 5.95. The molecule has 1 N–H and O–H groups in total. The van der Waals surface area contributed by atoms with Crippen molar-refractivity contribution in [3.63, 3.8) is 0 Å². The summed E-state index contributed by atoms with van der Waals surface area (Å²) in [5.74, 6) is 2.51. The van der Waals surface area contributed by atoms with E-state index in [4.69, 9.17) is 0 Å². The van der Waals surface area contributed by atoms with Gasteiger partial charge in [0.15, 0.2) is 0 Å².